The molecule has 1 unspecified atom stereocenters. The number of benzene rings is 1. The molecule has 30 heavy (non-hydrogen) atoms. The summed E-state index contributed by atoms with van der Waals surface area (Å²) in [4.78, 5) is 24.2. The number of nitrogens with one attached hydrogen (secondary N) is 2. The fraction of sp³-hybridized carbons (Fsp3) is 0.429. The van der Waals surface area contributed by atoms with E-state index in [0.717, 1.165) is 31.2 Å². The molecular formula is C21H27N3O4S2. The zero-order valence-electron chi connectivity index (χ0n) is 17.0. The predicted molar refractivity (Wildman–Crippen MR) is 118 cm³/mol. The summed E-state index contributed by atoms with van der Waals surface area (Å²) in [5.74, 6) is -1.45. The van der Waals surface area contributed by atoms with Crippen molar-refractivity contribution in [3.05, 3.63) is 47.3 Å². The van der Waals surface area contributed by atoms with Crippen LogP contribution in [0.3, 0.4) is 0 Å². The largest absolute Gasteiger partial charge is 0.348 e. The van der Waals surface area contributed by atoms with E-state index in [0.29, 0.717) is 22.9 Å². The van der Waals surface area contributed by atoms with Gasteiger partial charge in [0, 0.05) is 24.8 Å². The van der Waals surface area contributed by atoms with Crippen LogP contribution in [0.5, 0.6) is 0 Å². The molecule has 1 aromatic carbocycles. The van der Waals surface area contributed by atoms with Gasteiger partial charge < -0.3 is 10.6 Å². The summed E-state index contributed by atoms with van der Waals surface area (Å²) in [7, 11) is -3.52. The van der Waals surface area contributed by atoms with E-state index < -0.39 is 21.8 Å². The van der Waals surface area contributed by atoms with Gasteiger partial charge in [-0.3, -0.25) is 9.59 Å². The molecule has 9 heteroatoms. The van der Waals surface area contributed by atoms with E-state index >= 15 is 0 Å². The molecule has 162 valence electrons. The van der Waals surface area contributed by atoms with Crippen molar-refractivity contribution >= 4 is 38.9 Å². The first kappa shape index (κ1) is 22.5. The number of sulfonamides is 1. The van der Waals surface area contributed by atoms with Gasteiger partial charge >= 0.3 is 11.8 Å². The van der Waals surface area contributed by atoms with Crippen LogP contribution in [-0.4, -0.2) is 43.7 Å². The molecule has 1 saturated heterocycles. The Balaban J connectivity index is 1.52. The highest BCUT2D eigenvalue weighted by atomic mass is 32.2. The smallest absolute Gasteiger partial charge is 0.313 e. The Morgan fingerprint density at radius 3 is 2.57 bits per heavy atom. The van der Waals surface area contributed by atoms with Crippen molar-refractivity contribution in [2.75, 3.05) is 18.4 Å². The fourth-order valence-corrected chi connectivity index (χ4v) is 6.39. The molecule has 1 aliphatic rings. The maximum atomic E-state index is 12.9. The number of amides is 2. The lowest BCUT2D eigenvalue weighted by Crippen LogP contribution is -2.45. The van der Waals surface area contributed by atoms with Crippen LogP contribution in [0.4, 0.5) is 5.69 Å². The first-order valence-corrected chi connectivity index (χ1v) is 12.5. The van der Waals surface area contributed by atoms with Gasteiger partial charge in [-0.15, -0.1) is 11.3 Å². The number of carbonyl (C=O) groups is 2. The number of thiophene rings is 1. The standard InChI is InChI=1S/C21H27N3O4S2/c1-2-16-8-10-17(11-9-16)23-21(26)20(25)22-13-12-18-6-3-4-14-24(18)30(27,28)19-7-5-15-29-19/h5,7-11,15,18H,2-4,6,12-14H2,1H3,(H,22,25)(H,23,26). The molecule has 2 N–H and O–H groups in total. The molecule has 1 aliphatic heterocycles. The minimum absolute atomic E-state index is 0.184. The monoisotopic (exact) mass is 449 g/mol. The van der Waals surface area contributed by atoms with Crippen LogP contribution in [0.25, 0.3) is 0 Å². The number of hydrogen-bond donors (Lipinski definition) is 2. The molecule has 2 amide bonds. The number of nitrogens with zero attached hydrogens (tertiary/aromatic N) is 1. The topological polar surface area (TPSA) is 95.6 Å². The number of aryl methyl sites for hydroxylation is 1. The number of hydrogen-bond acceptors (Lipinski definition) is 5. The quantitative estimate of drug-likeness (QED) is 0.635. The first-order chi connectivity index (χ1) is 14.4. The zero-order chi connectivity index (χ0) is 21.6. The lowest BCUT2D eigenvalue weighted by atomic mass is 10.0. The number of carbonyl (C=O) groups excluding carboxylic acids is 2. The molecule has 1 atom stereocenters. The maximum absolute atomic E-state index is 12.9. The van der Waals surface area contributed by atoms with Crippen LogP contribution in [0.1, 0.15) is 38.2 Å². The summed E-state index contributed by atoms with van der Waals surface area (Å²) in [5.41, 5.74) is 1.71. The molecule has 0 saturated carbocycles. The number of rotatable bonds is 7. The Morgan fingerprint density at radius 1 is 1.13 bits per heavy atom. The minimum atomic E-state index is -3.52. The second-order valence-corrected chi connectivity index (χ2v) is 10.3. The molecule has 7 nitrogen and oxygen atoms in total. The van der Waals surface area contributed by atoms with Crippen LogP contribution in [-0.2, 0) is 26.0 Å². The van der Waals surface area contributed by atoms with Gasteiger partial charge in [-0.05, 0) is 54.8 Å². The Labute approximate surface area is 181 Å². The second kappa shape index (κ2) is 10.2. The Bertz CT molecular complexity index is 957. The van der Waals surface area contributed by atoms with Gasteiger partial charge in [-0.2, -0.15) is 4.31 Å². The summed E-state index contributed by atoms with van der Waals surface area (Å²) in [5, 5.41) is 6.94. The van der Waals surface area contributed by atoms with Crippen LogP contribution in [0.15, 0.2) is 46.0 Å². The summed E-state index contributed by atoms with van der Waals surface area (Å²) in [6.45, 7) is 2.76. The number of anilines is 1. The van der Waals surface area contributed by atoms with Gasteiger partial charge in [0.15, 0.2) is 0 Å². The van der Waals surface area contributed by atoms with Crippen molar-refractivity contribution in [1.82, 2.24) is 9.62 Å². The van der Waals surface area contributed by atoms with Crippen LogP contribution < -0.4 is 10.6 Å². The minimum Gasteiger partial charge on any atom is -0.348 e. The lowest BCUT2D eigenvalue weighted by Gasteiger charge is -2.34. The van der Waals surface area contributed by atoms with Crippen molar-refractivity contribution in [3.63, 3.8) is 0 Å². The molecule has 0 radical (unpaired) electrons. The van der Waals surface area contributed by atoms with Crippen LogP contribution in [0, 0.1) is 0 Å². The highest BCUT2D eigenvalue weighted by molar-refractivity contribution is 7.91. The molecule has 0 aliphatic carbocycles. The Kier molecular flexibility index (Phi) is 7.63. The molecular weight excluding hydrogens is 422 g/mol. The van der Waals surface area contributed by atoms with Gasteiger partial charge in [-0.25, -0.2) is 8.42 Å². The highest BCUT2D eigenvalue weighted by Crippen LogP contribution is 2.29. The highest BCUT2D eigenvalue weighted by Gasteiger charge is 2.33. The van der Waals surface area contributed by atoms with E-state index in [1.54, 1.807) is 34.0 Å². The first-order valence-electron chi connectivity index (χ1n) is 10.1. The molecule has 0 bridgehead atoms. The fourth-order valence-electron chi connectivity index (χ4n) is 3.55. The van der Waals surface area contributed by atoms with Crippen molar-refractivity contribution < 1.29 is 18.0 Å². The van der Waals surface area contributed by atoms with E-state index in [2.05, 4.69) is 10.6 Å². The average molecular weight is 450 g/mol. The van der Waals surface area contributed by atoms with Crippen molar-refractivity contribution in [2.45, 2.75) is 49.3 Å². The van der Waals surface area contributed by atoms with Gasteiger partial charge in [0.1, 0.15) is 4.21 Å². The SMILES string of the molecule is CCc1ccc(NC(=O)C(=O)NCCC2CCCCN2S(=O)(=O)c2cccs2)cc1. The van der Waals surface area contributed by atoms with E-state index in [1.165, 1.54) is 11.3 Å². The molecule has 1 aromatic heterocycles. The van der Waals surface area contributed by atoms with Crippen LogP contribution in [0.2, 0.25) is 0 Å². The van der Waals surface area contributed by atoms with E-state index in [-0.39, 0.29) is 12.6 Å². The summed E-state index contributed by atoms with van der Waals surface area (Å²) in [6, 6.07) is 10.5. The van der Waals surface area contributed by atoms with Crippen LogP contribution >= 0.6 is 11.3 Å². The average Bonchev–Trinajstić information content (AvgIpc) is 3.30. The van der Waals surface area contributed by atoms with Gasteiger partial charge in [0.2, 0.25) is 0 Å². The molecule has 0 spiro atoms. The Morgan fingerprint density at radius 2 is 1.90 bits per heavy atom. The van der Waals surface area contributed by atoms with Gasteiger partial charge in [0.05, 0.1) is 0 Å². The van der Waals surface area contributed by atoms with E-state index in [4.69, 9.17) is 0 Å². The maximum Gasteiger partial charge on any atom is 0.313 e. The predicted octanol–water partition coefficient (Wildman–Crippen LogP) is 3.00. The van der Waals surface area contributed by atoms with E-state index in [1.807, 2.05) is 19.1 Å². The van der Waals surface area contributed by atoms with Gasteiger partial charge in [-0.1, -0.05) is 31.5 Å². The third kappa shape index (κ3) is 5.47. The summed E-state index contributed by atoms with van der Waals surface area (Å²) < 4.78 is 27.7. The van der Waals surface area contributed by atoms with Crippen molar-refractivity contribution in [1.29, 1.82) is 0 Å². The Hall–Kier alpha value is -2.23. The molecule has 2 aromatic rings. The van der Waals surface area contributed by atoms with Crippen molar-refractivity contribution in [2.24, 2.45) is 0 Å². The number of piperidine rings is 1. The third-order valence-electron chi connectivity index (χ3n) is 5.22. The molecule has 2 heterocycles. The summed E-state index contributed by atoms with van der Waals surface area (Å²) in [6.07, 6.45) is 3.89. The second-order valence-electron chi connectivity index (χ2n) is 7.25. The summed E-state index contributed by atoms with van der Waals surface area (Å²) >= 11 is 1.21. The van der Waals surface area contributed by atoms with E-state index in [9.17, 15) is 18.0 Å². The van der Waals surface area contributed by atoms with Crippen molar-refractivity contribution in [3.8, 4) is 0 Å². The third-order valence-corrected chi connectivity index (χ3v) is 8.55. The lowest BCUT2D eigenvalue weighted by molar-refractivity contribution is -0.136. The molecule has 1 fully saturated rings. The molecule has 3 rings (SSSR count). The zero-order valence-corrected chi connectivity index (χ0v) is 18.6. The van der Waals surface area contributed by atoms with Gasteiger partial charge in [0.25, 0.3) is 10.0 Å². The normalized spacial score (nSPS) is 17.4.